The van der Waals surface area contributed by atoms with Crippen LogP contribution >= 0.6 is 0 Å². The summed E-state index contributed by atoms with van der Waals surface area (Å²) in [6.45, 7) is 5.55. The highest BCUT2D eigenvalue weighted by atomic mass is 32.2. The maximum atomic E-state index is 11.8. The van der Waals surface area contributed by atoms with Gasteiger partial charge in [-0.15, -0.1) is 0 Å². The average Bonchev–Trinajstić information content (AvgIpc) is 2.67. The van der Waals surface area contributed by atoms with Gasteiger partial charge in [0.05, 0.1) is 11.4 Å². The van der Waals surface area contributed by atoms with Gasteiger partial charge >= 0.3 is 0 Å². The summed E-state index contributed by atoms with van der Waals surface area (Å²) in [5.41, 5.74) is 1.90. The molecule has 100 valence electrons. The first kappa shape index (κ1) is 13.4. The summed E-state index contributed by atoms with van der Waals surface area (Å²) in [5, 5.41) is 3.33. The van der Waals surface area contributed by atoms with Gasteiger partial charge in [-0.2, -0.15) is 0 Å². The van der Waals surface area contributed by atoms with E-state index in [1.54, 1.807) is 0 Å². The molecule has 1 aliphatic rings. The van der Waals surface area contributed by atoms with Gasteiger partial charge in [-0.3, -0.25) is 4.31 Å². The molecular formula is C13H20N2O2S. The molecule has 1 aliphatic heterocycles. The lowest BCUT2D eigenvalue weighted by Gasteiger charge is -2.18. The van der Waals surface area contributed by atoms with E-state index < -0.39 is 10.0 Å². The number of rotatable bonds is 4. The van der Waals surface area contributed by atoms with Gasteiger partial charge in [-0.1, -0.05) is 26.0 Å². The van der Waals surface area contributed by atoms with Crippen molar-refractivity contribution in [2.45, 2.75) is 32.9 Å². The van der Waals surface area contributed by atoms with Crippen molar-refractivity contribution < 1.29 is 8.42 Å². The average molecular weight is 268 g/mol. The van der Waals surface area contributed by atoms with Crippen LogP contribution in [0.25, 0.3) is 0 Å². The molecule has 2 rings (SSSR count). The van der Waals surface area contributed by atoms with Crippen LogP contribution in [-0.4, -0.2) is 26.8 Å². The largest absolute Gasteiger partial charge is 0.310 e. The van der Waals surface area contributed by atoms with Crippen LogP contribution in [0.3, 0.4) is 0 Å². The molecule has 0 atom stereocenters. The van der Waals surface area contributed by atoms with E-state index in [1.807, 2.05) is 24.3 Å². The lowest BCUT2D eigenvalue weighted by atomic mass is 10.2. The van der Waals surface area contributed by atoms with Crippen molar-refractivity contribution in [1.82, 2.24) is 5.32 Å². The molecule has 0 spiro atoms. The van der Waals surface area contributed by atoms with E-state index in [9.17, 15) is 8.42 Å². The Morgan fingerprint density at radius 1 is 1.39 bits per heavy atom. The highest BCUT2D eigenvalue weighted by Crippen LogP contribution is 2.24. The minimum absolute atomic E-state index is 0.265. The van der Waals surface area contributed by atoms with Crippen molar-refractivity contribution in [3.8, 4) is 0 Å². The molecular weight excluding hydrogens is 248 g/mol. The molecule has 0 amide bonds. The normalized spacial score (nSPS) is 18.5. The van der Waals surface area contributed by atoms with Gasteiger partial charge in [0.2, 0.25) is 10.0 Å². The summed E-state index contributed by atoms with van der Waals surface area (Å²) in [5.74, 6) is 0.265. The van der Waals surface area contributed by atoms with Gasteiger partial charge < -0.3 is 5.32 Å². The fourth-order valence-corrected chi connectivity index (χ4v) is 3.63. The van der Waals surface area contributed by atoms with E-state index in [0.29, 0.717) is 12.6 Å². The predicted octanol–water partition coefficient (Wildman–Crippen LogP) is 1.72. The highest BCUT2D eigenvalue weighted by Gasteiger charge is 2.28. The molecule has 1 aromatic rings. The molecule has 0 aromatic heterocycles. The molecule has 18 heavy (non-hydrogen) atoms. The predicted molar refractivity (Wildman–Crippen MR) is 74.2 cm³/mol. The summed E-state index contributed by atoms with van der Waals surface area (Å²) < 4.78 is 25.2. The van der Waals surface area contributed by atoms with Crippen LogP contribution in [0.1, 0.15) is 25.8 Å². The number of benzene rings is 1. The number of anilines is 1. The van der Waals surface area contributed by atoms with Crippen molar-refractivity contribution in [3.63, 3.8) is 0 Å². The Balaban J connectivity index is 2.17. The van der Waals surface area contributed by atoms with Gasteiger partial charge in [0.15, 0.2) is 0 Å². The molecule has 0 radical (unpaired) electrons. The van der Waals surface area contributed by atoms with Crippen molar-refractivity contribution >= 4 is 15.7 Å². The zero-order valence-electron chi connectivity index (χ0n) is 10.9. The first-order valence-corrected chi connectivity index (χ1v) is 7.93. The van der Waals surface area contributed by atoms with E-state index >= 15 is 0 Å². The SMILES string of the molecule is CC(C)NCc1cccc(N2CCCS2(=O)=O)c1. The molecule has 1 aromatic carbocycles. The molecule has 0 saturated carbocycles. The smallest absolute Gasteiger partial charge is 0.235 e. The number of hydrogen-bond acceptors (Lipinski definition) is 3. The lowest BCUT2D eigenvalue weighted by Crippen LogP contribution is -2.25. The first-order chi connectivity index (χ1) is 8.49. The quantitative estimate of drug-likeness (QED) is 0.904. The molecule has 5 heteroatoms. The van der Waals surface area contributed by atoms with Crippen LogP contribution in [0.5, 0.6) is 0 Å². The van der Waals surface area contributed by atoms with Crippen molar-refractivity contribution in [2.75, 3.05) is 16.6 Å². The Morgan fingerprint density at radius 3 is 2.78 bits per heavy atom. The fourth-order valence-electron chi connectivity index (χ4n) is 2.07. The van der Waals surface area contributed by atoms with Crippen molar-refractivity contribution in [3.05, 3.63) is 29.8 Å². The van der Waals surface area contributed by atoms with Crippen LogP contribution in [0.2, 0.25) is 0 Å². The summed E-state index contributed by atoms with van der Waals surface area (Å²) >= 11 is 0. The molecule has 1 N–H and O–H groups in total. The maximum Gasteiger partial charge on any atom is 0.235 e. The Kier molecular flexibility index (Phi) is 3.92. The second-order valence-electron chi connectivity index (χ2n) is 4.95. The molecule has 0 bridgehead atoms. The fraction of sp³-hybridized carbons (Fsp3) is 0.538. The first-order valence-electron chi connectivity index (χ1n) is 6.32. The minimum Gasteiger partial charge on any atom is -0.310 e. The topological polar surface area (TPSA) is 49.4 Å². The van der Waals surface area contributed by atoms with Crippen molar-refractivity contribution in [2.24, 2.45) is 0 Å². The van der Waals surface area contributed by atoms with Gasteiger partial charge in [-0.05, 0) is 24.1 Å². The monoisotopic (exact) mass is 268 g/mol. The minimum atomic E-state index is -3.08. The van der Waals surface area contributed by atoms with Crippen molar-refractivity contribution in [1.29, 1.82) is 0 Å². The van der Waals surface area contributed by atoms with E-state index in [4.69, 9.17) is 0 Å². The summed E-state index contributed by atoms with van der Waals surface area (Å²) in [6, 6.07) is 8.17. The maximum absolute atomic E-state index is 11.8. The third-order valence-corrected chi connectivity index (χ3v) is 4.88. The van der Waals surface area contributed by atoms with Crippen LogP contribution in [0, 0.1) is 0 Å². The van der Waals surface area contributed by atoms with Crippen LogP contribution in [0.4, 0.5) is 5.69 Å². The highest BCUT2D eigenvalue weighted by molar-refractivity contribution is 7.93. The zero-order chi connectivity index (χ0) is 13.2. The van der Waals surface area contributed by atoms with Crippen LogP contribution < -0.4 is 9.62 Å². The molecule has 0 unspecified atom stereocenters. The Hall–Kier alpha value is -1.07. The van der Waals surface area contributed by atoms with Gasteiger partial charge in [0, 0.05) is 19.1 Å². The Morgan fingerprint density at radius 2 is 2.17 bits per heavy atom. The molecule has 1 heterocycles. The number of nitrogens with zero attached hydrogens (tertiary/aromatic N) is 1. The molecule has 1 saturated heterocycles. The molecule has 4 nitrogen and oxygen atoms in total. The van der Waals surface area contributed by atoms with Gasteiger partial charge in [0.1, 0.15) is 0 Å². The second kappa shape index (κ2) is 5.28. The molecule has 1 fully saturated rings. The lowest BCUT2D eigenvalue weighted by molar-refractivity contribution is 0.588. The van der Waals surface area contributed by atoms with Gasteiger partial charge in [0.25, 0.3) is 0 Å². The van der Waals surface area contributed by atoms with Crippen LogP contribution in [-0.2, 0) is 16.6 Å². The number of sulfonamides is 1. The third kappa shape index (κ3) is 3.03. The van der Waals surface area contributed by atoms with E-state index in [0.717, 1.165) is 24.2 Å². The van der Waals surface area contributed by atoms with E-state index in [2.05, 4.69) is 19.2 Å². The summed E-state index contributed by atoms with van der Waals surface area (Å²) in [4.78, 5) is 0. The van der Waals surface area contributed by atoms with Crippen LogP contribution in [0.15, 0.2) is 24.3 Å². The second-order valence-corrected chi connectivity index (χ2v) is 6.96. The number of nitrogens with one attached hydrogen (secondary N) is 1. The van der Waals surface area contributed by atoms with E-state index in [-0.39, 0.29) is 5.75 Å². The third-order valence-electron chi connectivity index (χ3n) is 3.01. The Bertz CT molecular complexity index is 511. The number of hydrogen-bond donors (Lipinski definition) is 1. The standard InChI is InChI=1S/C13H20N2O2S/c1-11(2)14-10-12-5-3-6-13(9-12)15-7-4-8-18(15,16)17/h3,5-6,9,11,14H,4,7-8,10H2,1-2H3. The summed E-state index contributed by atoms with van der Waals surface area (Å²) in [7, 11) is -3.08. The zero-order valence-corrected chi connectivity index (χ0v) is 11.7. The van der Waals surface area contributed by atoms with E-state index in [1.165, 1.54) is 4.31 Å². The molecule has 0 aliphatic carbocycles. The Labute approximate surface area is 109 Å². The summed E-state index contributed by atoms with van der Waals surface area (Å²) in [6.07, 6.45) is 0.719. The van der Waals surface area contributed by atoms with Gasteiger partial charge in [-0.25, -0.2) is 8.42 Å².